The molecule has 112 valence electrons. The second kappa shape index (κ2) is 5.90. The minimum atomic E-state index is -0.684. The normalized spacial score (nSPS) is 23.4. The van der Waals surface area contributed by atoms with Crippen molar-refractivity contribution in [2.45, 2.75) is 45.1 Å². The van der Waals surface area contributed by atoms with E-state index in [0.29, 0.717) is 24.7 Å². The Kier molecular flexibility index (Phi) is 4.59. The number of hydrogen-bond donors (Lipinski definition) is 3. The highest BCUT2D eigenvalue weighted by Crippen LogP contribution is 2.27. The van der Waals surface area contributed by atoms with Crippen molar-refractivity contribution in [2.75, 3.05) is 18.0 Å². The van der Waals surface area contributed by atoms with Gasteiger partial charge in [-0.3, -0.25) is 0 Å². The van der Waals surface area contributed by atoms with E-state index in [2.05, 4.69) is 26.1 Å². The molecule has 0 saturated carbocycles. The maximum absolute atomic E-state index is 9.59. The van der Waals surface area contributed by atoms with Crippen LogP contribution in [0.25, 0.3) is 0 Å². The second-order valence-electron chi connectivity index (χ2n) is 6.42. The van der Waals surface area contributed by atoms with Crippen molar-refractivity contribution in [3.8, 4) is 0 Å². The van der Waals surface area contributed by atoms with Crippen LogP contribution in [0.2, 0.25) is 5.02 Å². The third-order valence-electron chi connectivity index (χ3n) is 3.47. The molecular formula is C15H23ClN2O2. The van der Waals surface area contributed by atoms with E-state index in [0.717, 1.165) is 11.3 Å². The average Bonchev–Trinajstić information content (AvgIpc) is 2.67. The molecule has 1 aromatic rings. The van der Waals surface area contributed by atoms with Crippen molar-refractivity contribution in [1.29, 1.82) is 0 Å². The largest absolute Gasteiger partial charge is 0.389 e. The molecule has 4 nitrogen and oxygen atoms in total. The number of aliphatic hydroxyl groups excluding tert-OH is 2. The van der Waals surface area contributed by atoms with Gasteiger partial charge in [0.15, 0.2) is 0 Å². The van der Waals surface area contributed by atoms with Gasteiger partial charge in [0.2, 0.25) is 0 Å². The van der Waals surface area contributed by atoms with Gasteiger partial charge in [-0.15, -0.1) is 0 Å². The van der Waals surface area contributed by atoms with E-state index in [9.17, 15) is 10.2 Å². The smallest absolute Gasteiger partial charge is 0.0990 e. The van der Waals surface area contributed by atoms with Gasteiger partial charge in [-0.2, -0.15) is 0 Å². The van der Waals surface area contributed by atoms with Crippen LogP contribution in [0.4, 0.5) is 5.69 Å². The Labute approximate surface area is 125 Å². The molecular weight excluding hydrogens is 276 g/mol. The lowest BCUT2D eigenvalue weighted by molar-refractivity contribution is 0.0572. The number of nitrogens with zero attached hydrogens (tertiary/aromatic N) is 1. The number of benzene rings is 1. The molecule has 0 spiro atoms. The Morgan fingerprint density at radius 3 is 2.35 bits per heavy atom. The van der Waals surface area contributed by atoms with Gasteiger partial charge in [-0.1, -0.05) is 17.7 Å². The lowest BCUT2D eigenvalue weighted by atomic mass is 10.1. The fourth-order valence-corrected chi connectivity index (χ4v) is 2.46. The van der Waals surface area contributed by atoms with Crippen LogP contribution in [0.15, 0.2) is 18.2 Å². The maximum atomic E-state index is 9.59. The quantitative estimate of drug-likeness (QED) is 0.796. The number of halogens is 1. The van der Waals surface area contributed by atoms with Gasteiger partial charge < -0.3 is 20.4 Å². The van der Waals surface area contributed by atoms with Gasteiger partial charge >= 0.3 is 0 Å². The van der Waals surface area contributed by atoms with E-state index >= 15 is 0 Å². The van der Waals surface area contributed by atoms with Gasteiger partial charge in [0, 0.05) is 35.9 Å². The molecule has 20 heavy (non-hydrogen) atoms. The summed E-state index contributed by atoms with van der Waals surface area (Å²) in [6, 6.07) is 5.87. The zero-order valence-electron chi connectivity index (χ0n) is 12.2. The number of rotatable bonds is 3. The summed E-state index contributed by atoms with van der Waals surface area (Å²) in [4.78, 5) is 1.95. The summed E-state index contributed by atoms with van der Waals surface area (Å²) in [5.74, 6) is 0. The Bertz CT molecular complexity index is 463. The van der Waals surface area contributed by atoms with E-state index < -0.39 is 12.2 Å². The van der Waals surface area contributed by atoms with Crippen LogP contribution >= 0.6 is 11.6 Å². The monoisotopic (exact) mass is 298 g/mol. The van der Waals surface area contributed by atoms with Gasteiger partial charge in [-0.05, 0) is 38.5 Å². The molecule has 1 heterocycles. The van der Waals surface area contributed by atoms with Crippen molar-refractivity contribution in [3.05, 3.63) is 28.8 Å². The molecule has 1 aliphatic heterocycles. The van der Waals surface area contributed by atoms with Crippen LogP contribution in [0, 0.1) is 0 Å². The van der Waals surface area contributed by atoms with Crippen LogP contribution in [0.1, 0.15) is 26.3 Å². The molecule has 0 bridgehead atoms. The molecule has 3 N–H and O–H groups in total. The van der Waals surface area contributed by atoms with Gasteiger partial charge in [0.1, 0.15) is 0 Å². The zero-order valence-corrected chi connectivity index (χ0v) is 13.0. The standard InChI is InChI=1S/C15H23ClN2O2/c1-15(2,3)17-7-10-4-5-11(6-12(10)16)18-8-13(19)14(20)9-18/h4-6,13-14,17,19-20H,7-9H2,1-3H3. The number of aliphatic hydroxyl groups is 2. The van der Waals surface area contributed by atoms with Crippen molar-refractivity contribution in [1.82, 2.24) is 5.32 Å². The molecule has 2 rings (SSSR count). The van der Waals surface area contributed by atoms with Crippen molar-refractivity contribution < 1.29 is 10.2 Å². The van der Waals surface area contributed by atoms with Crippen LogP contribution in [-0.2, 0) is 6.54 Å². The molecule has 0 amide bonds. The van der Waals surface area contributed by atoms with E-state index in [4.69, 9.17) is 11.6 Å². The molecule has 2 atom stereocenters. The second-order valence-corrected chi connectivity index (χ2v) is 6.83. The summed E-state index contributed by atoms with van der Waals surface area (Å²) >= 11 is 6.32. The molecule has 0 radical (unpaired) electrons. The fraction of sp³-hybridized carbons (Fsp3) is 0.600. The summed E-state index contributed by atoms with van der Waals surface area (Å²) in [5.41, 5.74) is 2.03. The number of anilines is 1. The first kappa shape index (κ1) is 15.6. The van der Waals surface area contributed by atoms with Gasteiger partial charge in [-0.25, -0.2) is 0 Å². The lowest BCUT2D eigenvalue weighted by Crippen LogP contribution is -2.35. The summed E-state index contributed by atoms with van der Waals surface area (Å²) in [6.07, 6.45) is -1.37. The molecule has 1 aliphatic rings. The highest BCUT2D eigenvalue weighted by atomic mass is 35.5. The van der Waals surface area contributed by atoms with E-state index in [1.807, 2.05) is 23.1 Å². The van der Waals surface area contributed by atoms with Gasteiger partial charge in [0.05, 0.1) is 12.2 Å². The Morgan fingerprint density at radius 1 is 1.25 bits per heavy atom. The van der Waals surface area contributed by atoms with Crippen molar-refractivity contribution in [3.63, 3.8) is 0 Å². The number of β-amino-alcohol motifs (C(OH)–C–C–N with tert-alkyl or cyclic N) is 2. The molecule has 0 aliphatic carbocycles. The van der Waals surface area contributed by atoms with Crippen LogP contribution < -0.4 is 10.2 Å². The molecule has 1 aromatic carbocycles. The van der Waals surface area contributed by atoms with Crippen LogP contribution in [0.3, 0.4) is 0 Å². The molecule has 5 heteroatoms. The summed E-state index contributed by atoms with van der Waals surface area (Å²) < 4.78 is 0. The maximum Gasteiger partial charge on any atom is 0.0990 e. The zero-order chi connectivity index (χ0) is 14.9. The molecule has 1 saturated heterocycles. The first-order valence-corrected chi connectivity index (χ1v) is 7.28. The molecule has 1 fully saturated rings. The lowest BCUT2D eigenvalue weighted by Gasteiger charge is -2.22. The predicted octanol–water partition coefficient (Wildman–Crippen LogP) is 1.77. The van der Waals surface area contributed by atoms with Crippen LogP contribution in [0.5, 0.6) is 0 Å². The molecule has 2 unspecified atom stereocenters. The number of nitrogens with one attached hydrogen (secondary N) is 1. The third-order valence-corrected chi connectivity index (χ3v) is 3.82. The SMILES string of the molecule is CC(C)(C)NCc1ccc(N2CC(O)C(O)C2)cc1Cl. The fourth-order valence-electron chi connectivity index (χ4n) is 2.22. The summed E-state index contributed by atoms with van der Waals surface area (Å²) in [6.45, 7) is 7.94. The Morgan fingerprint density at radius 2 is 1.85 bits per heavy atom. The van der Waals surface area contributed by atoms with Crippen molar-refractivity contribution in [2.24, 2.45) is 0 Å². The minimum Gasteiger partial charge on any atom is -0.389 e. The van der Waals surface area contributed by atoms with Gasteiger partial charge in [0.25, 0.3) is 0 Å². The highest BCUT2D eigenvalue weighted by Gasteiger charge is 2.29. The Balaban J connectivity index is 2.06. The van der Waals surface area contributed by atoms with Crippen molar-refractivity contribution >= 4 is 17.3 Å². The third kappa shape index (κ3) is 3.85. The highest BCUT2D eigenvalue weighted by molar-refractivity contribution is 6.31. The van der Waals surface area contributed by atoms with Crippen LogP contribution in [-0.4, -0.2) is 41.0 Å². The topological polar surface area (TPSA) is 55.7 Å². The van der Waals surface area contributed by atoms with E-state index in [1.165, 1.54) is 0 Å². The summed E-state index contributed by atoms with van der Waals surface area (Å²) in [5, 5.41) is 23.3. The average molecular weight is 299 g/mol. The minimum absolute atomic E-state index is 0.0468. The first-order chi connectivity index (χ1) is 9.26. The first-order valence-electron chi connectivity index (χ1n) is 6.91. The molecule has 0 aromatic heterocycles. The Hall–Kier alpha value is -0.810. The van der Waals surface area contributed by atoms with E-state index in [1.54, 1.807) is 0 Å². The van der Waals surface area contributed by atoms with E-state index in [-0.39, 0.29) is 5.54 Å². The summed E-state index contributed by atoms with van der Waals surface area (Å²) in [7, 11) is 0. The number of hydrogen-bond acceptors (Lipinski definition) is 4. The predicted molar refractivity (Wildman–Crippen MR) is 82.3 cm³/mol.